The largest absolute Gasteiger partial charge is 0.484 e. The molecule has 29 heavy (non-hydrogen) atoms. The van der Waals surface area contributed by atoms with E-state index >= 15 is 0 Å². The van der Waals surface area contributed by atoms with Crippen LogP contribution in [0.4, 0.5) is 42.1 Å². The number of ether oxygens (including phenoxy) is 2. The van der Waals surface area contributed by atoms with Gasteiger partial charge in [-0.15, -0.1) is 0 Å². The molecule has 4 nitrogen and oxygen atoms in total. The normalized spacial score (nSPS) is 11.7. The highest BCUT2D eigenvalue weighted by atomic mass is 32.1. The highest BCUT2D eigenvalue weighted by molar-refractivity contribution is 7.80. The van der Waals surface area contributed by atoms with E-state index in [0.29, 0.717) is 0 Å². The lowest BCUT2D eigenvalue weighted by molar-refractivity contribution is -0.153. The Hall–Kier alpha value is -2.76. The first-order valence-corrected chi connectivity index (χ1v) is 8.18. The molecule has 2 aromatic rings. The van der Waals surface area contributed by atoms with Gasteiger partial charge in [-0.05, 0) is 30.4 Å². The highest BCUT2D eigenvalue weighted by Crippen LogP contribution is 2.29. The van der Waals surface area contributed by atoms with E-state index in [1.54, 1.807) is 0 Å². The summed E-state index contributed by atoms with van der Waals surface area (Å²) in [5.74, 6) is -1.32. The number of rotatable bonds is 6. The first-order chi connectivity index (χ1) is 13.4. The number of thiocarbonyl (C=S) groups is 1. The van der Waals surface area contributed by atoms with Gasteiger partial charge in [-0.1, -0.05) is 6.07 Å². The minimum atomic E-state index is -4.65. The highest BCUT2D eigenvalue weighted by Gasteiger charge is 2.30. The molecule has 0 saturated heterocycles. The molecule has 0 saturated carbocycles. The lowest BCUT2D eigenvalue weighted by Crippen LogP contribution is -2.21. The second-order valence-electron chi connectivity index (χ2n) is 5.59. The van der Waals surface area contributed by atoms with Crippen LogP contribution in [0.5, 0.6) is 11.5 Å². The summed E-state index contributed by atoms with van der Waals surface area (Å²) in [5.41, 5.74) is 0.274. The van der Waals surface area contributed by atoms with Crippen LogP contribution < -0.4 is 20.1 Å². The van der Waals surface area contributed by atoms with Crippen molar-refractivity contribution in [2.24, 2.45) is 0 Å². The first kappa shape index (κ1) is 22.5. The molecule has 2 aromatic carbocycles. The molecule has 158 valence electrons. The average Bonchev–Trinajstić information content (AvgIpc) is 2.57. The number of hydrogen-bond acceptors (Lipinski definition) is 3. The molecule has 0 bridgehead atoms. The Balaban J connectivity index is 2.15. The fourth-order valence-corrected chi connectivity index (χ4v) is 2.24. The van der Waals surface area contributed by atoms with Gasteiger partial charge in [-0.25, -0.2) is 4.39 Å². The lowest BCUT2D eigenvalue weighted by atomic mass is 10.2. The third-order valence-electron chi connectivity index (χ3n) is 3.03. The van der Waals surface area contributed by atoms with Crippen LogP contribution in [0.15, 0.2) is 42.5 Å². The predicted octanol–water partition coefficient (Wildman–Crippen LogP) is 5.52. The summed E-state index contributed by atoms with van der Waals surface area (Å²) in [6.07, 6.45) is -9.30. The van der Waals surface area contributed by atoms with Crippen LogP contribution in [0.2, 0.25) is 0 Å². The van der Waals surface area contributed by atoms with Gasteiger partial charge in [-0.3, -0.25) is 0 Å². The number of hydrogen-bond donors (Lipinski definition) is 2. The van der Waals surface area contributed by atoms with E-state index in [2.05, 4.69) is 20.1 Å². The molecule has 0 aliphatic carbocycles. The fraction of sp³-hybridized carbons (Fsp3) is 0.235. The summed E-state index contributed by atoms with van der Waals surface area (Å²) in [4.78, 5) is 0. The monoisotopic (exact) mass is 442 g/mol. The SMILES string of the molecule is Fc1cccc(NC(=S)Nc2cc(OCC(F)(F)F)cc(OCC(F)(F)F)c2)c1. The van der Waals surface area contributed by atoms with Crippen molar-refractivity contribution < 1.29 is 40.2 Å². The fourth-order valence-electron chi connectivity index (χ4n) is 2.00. The van der Waals surface area contributed by atoms with Gasteiger partial charge in [-0.2, -0.15) is 26.3 Å². The van der Waals surface area contributed by atoms with Crippen molar-refractivity contribution in [1.82, 2.24) is 0 Å². The number of anilines is 2. The van der Waals surface area contributed by atoms with Crippen molar-refractivity contribution in [3.63, 3.8) is 0 Å². The third kappa shape index (κ3) is 8.85. The van der Waals surface area contributed by atoms with Crippen LogP contribution in [0.3, 0.4) is 0 Å². The maximum absolute atomic E-state index is 13.2. The van der Waals surface area contributed by atoms with Crippen LogP contribution in [-0.2, 0) is 0 Å². The van der Waals surface area contributed by atoms with Gasteiger partial charge in [0, 0.05) is 29.6 Å². The molecule has 12 heteroatoms. The summed E-state index contributed by atoms with van der Waals surface area (Å²) < 4.78 is 96.4. The molecule has 0 aliphatic rings. The standard InChI is InChI=1S/C17H13F7N2O2S/c18-10-2-1-3-11(4-10)25-15(29)26-12-5-13(27-8-16(19,20)21)7-14(6-12)28-9-17(22,23)24/h1-7H,8-9H2,(H2,25,26,29). The molecule has 0 unspecified atom stereocenters. The van der Waals surface area contributed by atoms with Gasteiger partial charge < -0.3 is 20.1 Å². The minimum Gasteiger partial charge on any atom is -0.484 e. The van der Waals surface area contributed by atoms with Crippen molar-refractivity contribution in [2.75, 3.05) is 23.8 Å². The molecular weight excluding hydrogens is 429 g/mol. The number of benzene rings is 2. The van der Waals surface area contributed by atoms with Crippen molar-refractivity contribution in [1.29, 1.82) is 0 Å². The maximum Gasteiger partial charge on any atom is 0.422 e. The zero-order valence-electron chi connectivity index (χ0n) is 14.3. The van der Waals surface area contributed by atoms with Crippen LogP contribution in [0, 0.1) is 5.82 Å². The van der Waals surface area contributed by atoms with Gasteiger partial charge >= 0.3 is 12.4 Å². The van der Waals surface area contributed by atoms with E-state index in [0.717, 1.165) is 24.3 Å². The van der Waals surface area contributed by atoms with E-state index in [4.69, 9.17) is 12.2 Å². The Morgan fingerprint density at radius 2 is 1.31 bits per heavy atom. The zero-order chi connectivity index (χ0) is 21.7. The lowest BCUT2D eigenvalue weighted by Gasteiger charge is -2.16. The Labute approximate surface area is 165 Å². The molecule has 0 heterocycles. The Morgan fingerprint density at radius 3 is 1.79 bits per heavy atom. The van der Waals surface area contributed by atoms with E-state index in [9.17, 15) is 30.7 Å². The topological polar surface area (TPSA) is 42.5 Å². The van der Waals surface area contributed by atoms with Gasteiger partial charge in [0.1, 0.15) is 17.3 Å². The summed E-state index contributed by atoms with van der Waals surface area (Å²) >= 11 is 5.01. The second kappa shape index (κ2) is 9.16. The minimum absolute atomic E-state index is 0.00393. The van der Waals surface area contributed by atoms with Crippen molar-refractivity contribution >= 4 is 28.7 Å². The number of halogens is 7. The Morgan fingerprint density at radius 1 is 0.793 bits per heavy atom. The van der Waals surface area contributed by atoms with Gasteiger partial charge in [0.05, 0.1) is 0 Å². The Kier molecular flexibility index (Phi) is 7.11. The van der Waals surface area contributed by atoms with Crippen molar-refractivity contribution in [3.05, 3.63) is 48.3 Å². The smallest absolute Gasteiger partial charge is 0.422 e. The van der Waals surface area contributed by atoms with Crippen LogP contribution >= 0.6 is 12.2 Å². The summed E-state index contributed by atoms with van der Waals surface area (Å²) in [6, 6.07) is 8.30. The molecular formula is C17H13F7N2O2S. The van der Waals surface area contributed by atoms with Gasteiger partial charge in [0.2, 0.25) is 0 Å². The van der Waals surface area contributed by atoms with Crippen LogP contribution in [0.25, 0.3) is 0 Å². The van der Waals surface area contributed by atoms with Crippen LogP contribution in [-0.4, -0.2) is 30.7 Å². The van der Waals surface area contributed by atoms with Gasteiger partial charge in [0.15, 0.2) is 18.3 Å². The average molecular weight is 442 g/mol. The zero-order valence-corrected chi connectivity index (χ0v) is 15.1. The molecule has 0 fully saturated rings. The summed E-state index contributed by atoms with van der Waals surface area (Å²) in [6.45, 7) is -3.30. The van der Waals surface area contributed by atoms with E-state index in [1.165, 1.54) is 18.2 Å². The van der Waals surface area contributed by atoms with Crippen molar-refractivity contribution in [2.45, 2.75) is 12.4 Å². The first-order valence-electron chi connectivity index (χ1n) is 7.77. The number of alkyl halides is 6. The molecule has 0 aromatic heterocycles. The molecule has 2 rings (SSSR count). The van der Waals surface area contributed by atoms with E-state index in [-0.39, 0.29) is 16.5 Å². The van der Waals surface area contributed by atoms with E-state index in [1.807, 2.05) is 0 Å². The van der Waals surface area contributed by atoms with E-state index < -0.39 is 42.9 Å². The quantitative estimate of drug-likeness (QED) is 0.456. The molecule has 2 N–H and O–H groups in total. The Bertz CT molecular complexity index is 820. The molecule has 0 atom stereocenters. The molecule has 0 radical (unpaired) electrons. The summed E-state index contributed by atoms with van der Waals surface area (Å²) in [7, 11) is 0. The third-order valence-corrected chi connectivity index (χ3v) is 3.23. The van der Waals surface area contributed by atoms with Crippen molar-refractivity contribution in [3.8, 4) is 11.5 Å². The molecule has 0 spiro atoms. The molecule has 0 aliphatic heterocycles. The summed E-state index contributed by atoms with van der Waals surface area (Å²) in [5, 5.41) is 5.09. The predicted molar refractivity (Wildman–Crippen MR) is 95.8 cm³/mol. The van der Waals surface area contributed by atoms with Gasteiger partial charge in [0.25, 0.3) is 0 Å². The second-order valence-corrected chi connectivity index (χ2v) is 6.00. The maximum atomic E-state index is 13.2. The molecule has 0 amide bonds. The number of nitrogens with one attached hydrogen (secondary N) is 2. The van der Waals surface area contributed by atoms with Crippen LogP contribution in [0.1, 0.15) is 0 Å².